The highest BCUT2D eigenvalue weighted by atomic mass is 15.2. The molecule has 0 spiro atoms. The van der Waals surface area contributed by atoms with Crippen LogP contribution in [0.15, 0.2) is 0 Å². The maximum atomic E-state index is 3.71. The van der Waals surface area contributed by atoms with Gasteiger partial charge in [-0.3, -0.25) is 0 Å². The molecule has 0 saturated carbocycles. The third kappa shape index (κ3) is 5.27. The summed E-state index contributed by atoms with van der Waals surface area (Å²) in [6.45, 7) is 16.7. The number of likely N-dealkylation sites (tertiary alicyclic amines) is 1. The zero-order valence-electron chi connectivity index (χ0n) is 13.3. The normalized spacial score (nSPS) is 23.5. The van der Waals surface area contributed by atoms with Gasteiger partial charge in [-0.05, 0) is 43.7 Å². The number of hydrogen-bond acceptors (Lipinski definition) is 2. The van der Waals surface area contributed by atoms with E-state index < -0.39 is 0 Å². The lowest BCUT2D eigenvalue weighted by molar-refractivity contribution is 0.216. The van der Waals surface area contributed by atoms with Gasteiger partial charge in [-0.2, -0.15) is 0 Å². The highest BCUT2D eigenvalue weighted by molar-refractivity contribution is 4.85. The Kier molecular flexibility index (Phi) is 6.65. The lowest BCUT2D eigenvalue weighted by Crippen LogP contribution is -2.41. The van der Waals surface area contributed by atoms with Crippen LogP contribution in [0.2, 0.25) is 0 Å². The first-order valence-electron chi connectivity index (χ1n) is 7.93. The van der Waals surface area contributed by atoms with Crippen LogP contribution in [0.1, 0.15) is 60.3 Å². The fraction of sp³-hybridized carbons (Fsp3) is 1.00. The van der Waals surface area contributed by atoms with Crippen molar-refractivity contribution >= 4 is 0 Å². The minimum absolute atomic E-state index is 0.478. The van der Waals surface area contributed by atoms with Crippen LogP contribution in [0.25, 0.3) is 0 Å². The van der Waals surface area contributed by atoms with Gasteiger partial charge in [0.1, 0.15) is 0 Å². The first-order valence-corrected chi connectivity index (χ1v) is 7.93. The van der Waals surface area contributed by atoms with Gasteiger partial charge in [0.15, 0.2) is 0 Å². The van der Waals surface area contributed by atoms with Gasteiger partial charge in [0.2, 0.25) is 0 Å². The zero-order chi connectivity index (χ0) is 13.6. The van der Waals surface area contributed by atoms with Crippen molar-refractivity contribution in [1.82, 2.24) is 10.2 Å². The number of nitrogens with zero attached hydrogens (tertiary/aromatic N) is 1. The third-order valence-electron chi connectivity index (χ3n) is 4.30. The summed E-state index contributed by atoms with van der Waals surface area (Å²) in [6.07, 6.45) is 5.23. The van der Waals surface area contributed by atoms with Crippen LogP contribution in [0, 0.1) is 11.3 Å². The molecule has 0 aromatic rings. The Balaban J connectivity index is 2.36. The molecule has 2 heteroatoms. The maximum absolute atomic E-state index is 3.71. The predicted octanol–water partition coefficient (Wildman–Crippen LogP) is 3.52. The quantitative estimate of drug-likeness (QED) is 0.748. The van der Waals surface area contributed by atoms with Crippen molar-refractivity contribution in [3.05, 3.63) is 0 Å². The van der Waals surface area contributed by atoms with Gasteiger partial charge in [0.05, 0.1) is 0 Å². The molecule has 0 bridgehead atoms. The highest BCUT2D eigenvalue weighted by Crippen LogP contribution is 2.33. The molecule has 1 rings (SSSR count). The van der Waals surface area contributed by atoms with Crippen LogP contribution >= 0.6 is 0 Å². The van der Waals surface area contributed by atoms with E-state index in [1.165, 1.54) is 51.9 Å². The molecular formula is C16H34N2. The molecule has 0 aromatic heterocycles. The minimum atomic E-state index is 0.478. The van der Waals surface area contributed by atoms with E-state index in [2.05, 4.69) is 44.8 Å². The van der Waals surface area contributed by atoms with Crippen LogP contribution in [-0.2, 0) is 0 Å². The topological polar surface area (TPSA) is 15.3 Å². The molecule has 2 nitrogen and oxygen atoms in total. The molecule has 1 saturated heterocycles. The van der Waals surface area contributed by atoms with Crippen molar-refractivity contribution in [3.63, 3.8) is 0 Å². The molecule has 1 fully saturated rings. The van der Waals surface area contributed by atoms with Gasteiger partial charge in [-0.25, -0.2) is 0 Å². The standard InChI is InChI=1S/C16H34N2/c1-6-8-15(17-10-7-2)13-18-11-9-14(12-18)16(3,4)5/h14-15,17H,6-13H2,1-5H3. The van der Waals surface area contributed by atoms with Crippen LogP contribution in [0.3, 0.4) is 0 Å². The first-order chi connectivity index (χ1) is 8.47. The summed E-state index contributed by atoms with van der Waals surface area (Å²) in [4.78, 5) is 2.68. The van der Waals surface area contributed by atoms with Crippen LogP contribution in [-0.4, -0.2) is 37.1 Å². The number of nitrogens with one attached hydrogen (secondary N) is 1. The van der Waals surface area contributed by atoms with E-state index in [-0.39, 0.29) is 0 Å². The van der Waals surface area contributed by atoms with Crippen molar-refractivity contribution < 1.29 is 0 Å². The molecule has 0 radical (unpaired) electrons. The van der Waals surface area contributed by atoms with Gasteiger partial charge in [0, 0.05) is 19.1 Å². The second kappa shape index (κ2) is 7.49. The van der Waals surface area contributed by atoms with E-state index in [0.717, 1.165) is 5.92 Å². The van der Waals surface area contributed by atoms with Gasteiger partial charge in [0.25, 0.3) is 0 Å². The Labute approximate surface area is 115 Å². The van der Waals surface area contributed by atoms with Crippen molar-refractivity contribution in [3.8, 4) is 0 Å². The summed E-state index contributed by atoms with van der Waals surface area (Å²) in [7, 11) is 0. The molecule has 1 aliphatic heterocycles. The summed E-state index contributed by atoms with van der Waals surface area (Å²) < 4.78 is 0. The molecule has 1 aliphatic rings. The maximum Gasteiger partial charge on any atom is 0.0194 e. The summed E-state index contributed by atoms with van der Waals surface area (Å²) in [5.41, 5.74) is 0.478. The number of hydrogen-bond donors (Lipinski definition) is 1. The average molecular weight is 254 g/mol. The highest BCUT2D eigenvalue weighted by Gasteiger charge is 2.32. The Morgan fingerprint density at radius 2 is 1.94 bits per heavy atom. The largest absolute Gasteiger partial charge is 0.313 e. The molecular weight excluding hydrogens is 220 g/mol. The SMILES string of the molecule is CCCNC(CCC)CN1CCC(C(C)(C)C)C1. The second-order valence-corrected chi connectivity index (χ2v) is 7.05. The van der Waals surface area contributed by atoms with Gasteiger partial charge in [-0.1, -0.05) is 41.0 Å². The van der Waals surface area contributed by atoms with E-state index in [4.69, 9.17) is 0 Å². The van der Waals surface area contributed by atoms with Crippen molar-refractivity contribution in [2.45, 2.75) is 66.3 Å². The lowest BCUT2D eigenvalue weighted by atomic mass is 9.80. The van der Waals surface area contributed by atoms with Crippen LogP contribution < -0.4 is 5.32 Å². The molecule has 1 N–H and O–H groups in total. The Morgan fingerprint density at radius 1 is 1.22 bits per heavy atom. The Morgan fingerprint density at radius 3 is 2.44 bits per heavy atom. The predicted molar refractivity (Wildman–Crippen MR) is 81.0 cm³/mol. The molecule has 2 atom stereocenters. The third-order valence-corrected chi connectivity index (χ3v) is 4.30. The summed E-state index contributed by atoms with van der Waals surface area (Å²) in [5.74, 6) is 0.881. The van der Waals surface area contributed by atoms with E-state index in [0.29, 0.717) is 11.5 Å². The lowest BCUT2D eigenvalue weighted by Gasteiger charge is -2.28. The van der Waals surface area contributed by atoms with Crippen molar-refractivity contribution in [1.29, 1.82) is 0 Å². The summed E-state index contributed by atoms with van der Waals surface area (Å²) >= 11 is 0. The van der Waals surface area contributed by atoms with E-state index in [1.807, 2.05) is 0 Å². The molecule has 2 unspecified atom stereocenters. The molecule has 108 valence electrons. The summed E-state index contributed by atoms with van der Waals surface area (Å²) in [5, 5.41) is 3.71. The Bertz CT molecular complexity index is 220. The summed E-state index contributed by atoms with van der Waals surface area (Å²) in [6, 6.07) is 0.702. The minimum Gasteiger partial charge on any atom is -0.313 e. The monoisotopic (exact) mass is 254 g/mol. The molecule has 0 aromatic carbocycles. The van der Waals surface area contributed by atoms with Gasteiger partial charge >= 0.3 is 0 Å². The van der Waals surface area contributed by atoms with E-state index in [9.17, 15) is 0 Å². The fourth-order valence-electron chi connectivity index (χ4n) is 2.97. The first kappa shape index (κ1) is 16.0. The molecule has 1 heterocycles. The van der Waals surface area contributed by atoms with Gasteiger partial charge in [-0.15, -0.1) is 0 Å². The van der Waals surface area contributed by atoms with Crippen LogP contribution in [0.4, 0.5) is 0 Å². The zero-order valence-corrected chi connectivity index (χ0v) is 13.3. The molecule has 18 heavy (non-hydrogen) atoms. The smallest absolute Gasteiger partial charge is 0.0194 e. The van der Waals surface area contributed by atoms with E-state index in [1.54, 1.807) is 0 Å². The van der Waals surface area contributed by atoms with E-state index >= 15 is 0 Å². The number of rotatable bonds is 7. The Hall–Kier alpha value is -0.0800. The van der Waals surface area contributed by atoms with Crippen LogP contribution in [0.5, 0.6) is 0 Å². The second-order valence-electron chi connectivity index (χ2n) is 7.05. The molecule has 0 amide bonds. The average Bonchev–Trinajstić information content (AvgIpc) is 2.74. The van der Waals surface area contributed by atoms with Gasteiger partial charge < -0.3 is 10.2 Å². The molecule has 0 aliphatic carbocycles. The van der Waals surface area contributed by atoms with Crippen molar-refractivity contribution in [2.75, 3.05) is 26.2 Å². The van der Waals surface area contributed by atoms with Crippen molar-refractivity contribution in [2.24, 2.45) is 11.3 Å². The fourth-order valence-corrected chi connectivity index (χ4v) is 2.97.